The number of nitrogens with one attached hydrogen (secondary N) is 4. The van der Waals surface area contributed by atoms with E-state index < -0.39 is 17.9 Å². The molecule has 1 atom stereocenters. The molecule has 0 aliphatic heterocycles. The average molecular weight is 258 g/mol. The van der Waals surface area contributed by atoms with E-state index in [1.165, 1.54) is 20.9 Å². The average Bonchev–Trinajstić information content (AvgIpc) is 2.31. The van der Waals surface area contributed by atoms with Crippen LogP contribution in [-0.4, -0.2) is 49.8 Å². The van der Waals surface area contributed by atoms with Gasteiger partial charge >= 0.3 is 0 Å². The predicted molar refractivity (Wildman–Crippen MR) is 63.4 cm³/mol. The van der Waals surface area contributed by atoms with Gasteiger partial charge in [-0.1, -0.05) is 0 Å². The first-order chi connectivity index (χ1) is 8.36. The Morgan fingerprint density at radius 2 is 1.56 bits per heavy atom. The van der Waals surface area contributed by atoms with Crippen LogP contribution in [0, 0.1) is 0 Å². The second-order valence-electron chi connectivity index (χ2n) is 3.59. The van der Waals surface area contributed by atoms with Crippen LogP contribution in [0.15, 0.2) is 0 Å². The zero-order chi connectivity index (χ0) is 14.1. The van der Waals surface area contributed by atoms with Crippen molar-refractivity contribution in [2.75, 3.05) is 20.1 Å². The van der Waals surface area contributed by atoms with Gasteiger partial charge in [-0.3, -0.25) is 19.2 Å². The Bertz CT molecular complexity index is 343. The molecule has 0 fully saturated rings. The van der Waals surface area contributed by atoms with Crippen molar-refractivity contribution in [3.05, 3.63) is 0 Å². The molecule has 102 valence electrons. The van der Waals surface area contributed by atoms with Crippen LogP contribution in [0.4, 0.5) is 0 Å². The summed E-state index contributed by atoms with van der Waals surface area (Å²) in [5.41, 5.74) is 0. The van der Waals surface area contributed by atoms with Crippen molar-refractivity contribution >= 4 is 23.6 Å². The molecule has 0 bridgehead atoms. The van der Waals surface area contributed by atoms with Gasteiger partial charge in [-0.25, -0.2) is 0 Å². The highest BCUT2D eigenvalue weighted by atomic mass is 16.2. The molecule has 0 spiro atoms. The van der Waals surface area contributed by atoms with E-state index in [2.05, 4.69) is 21.3 Å². The van der Waals surface area contributed by atoms with Gasteiger partial charge in [0.25, 0.3) is 0 Å². The van der Waals surface area contributed by atoms with E-state index in [1.807, 2.05) is 0 Å². The lowest BCUT2D eigenvalue weighted by Crippen LogP contribution is -2.47. The predicted octanol–water partition coefficient (Wildman–Crippen LogP) is -2.51. The van der Waals surface area contributed by atoms with Gasteiger partial charge in [0.15, 0.2) is 0 Å². The van der Waals surface area contributed by atoms with Gasteiger partial charge in [0.1, 0.15) is 6.04 Å². The summed E-state index contributed by atoms with van der Waals surface area (Å²) in [7, 11) is 1.45. The molecule has 0 aromatic rings. The van der Waals surface area contributed by atoms with Crippen LogP contribution in [0.5, 0.6) is 0 Å². The van der Waals surface area contributed by atoms with Crippen LogP contribution in [0.25, 0.3) is 0 Å². The van der Waals surface area contributed by atoms with Crippen molar-refractivity contribution in [3.63, 3.8) is 0 Å². The van der Waals surface area contributed by atoms with Gasteiger partial charge in [0, 0.05) is 14.0 Å². The van der Waals surface area contributed by atoms with Gasteiger partial charge in [0.2, 0.25) is 23.6 Å². The van der Waals surface area contributed by atoms with Crippen LogP contribution < -0.4 is 21.3 Å². The number of hydrogen-bond donors (Lipinski definition) is 4. The van der Waals surface area contributed by atoms with Gasteiger partial charge in [0.05, 0.1) is 13.1 Å². The van der Waals surface area contributed by atoms with Gasteiger partial charge in [-0.15, -0.1) is 0 Å². The molecule has 0 unspecified atom stereocenters. The standard InChI is InChI=1S/C10H18N4O4/c1-6(14-7(2)15)10(18)13-5-9(17)12-4-8(16)11-3/h6H,4-5H2,1-3H3,(H,11,16)(H,12,17)(H,13,18)(H,14,15)/t6-/m1/s1. The van der Waals surface area contributed by atoms with E-state index >= 15 is 0 Å². The molecule has 0 rings (SSSR count). The summed E-state index contributed by atoms with van der Waals surface area (Å²) >= 11 is 0. The first kappa shape index (κ1) is 15.9. The van der Waals surface area contributed by atoms with Gasteiger partial charge in [-0.05, 0) is 6.92 Å². The normalized spacial score (nSPS) is 11.1. The summed E-state index contributed by atoms with van der Waals surface area (Å²) in [4.78, 5) is 44.1. The lowest BCUT2D eigenvalue weighted by atomic mass is 10.3. The summed E-state index contributed by atoms with van der Waals surface area (Å²) in [6.07, 6.45) is 0. The zero-order valence-electron chi connectivity index (χ0n) is 10.6. The fourth-order valence-electron chi connectivity index (χ4n) is 1.02. The van der Waals surface area contributed by atoms with Crippen molar-refractivity contribution in [1.82, 2.24) is 21.3 Å². The number of amides is 4. The van der Waals surface area contributed by atoms with E-state index in [9.17, 15) is 19.2 Å². The van der Waals surface area contributed by atoms with Crippen molar-refractivity contribution in [2.24, 2.45) is 0 Å². The first-order valence-electron chi connectivity index (χ1n) is 5.39. The Morgan fingerprint density at radius 3 is 2.06 bits per heavy atom. The fraction of sp³-hybridized carbons (Fsp3) is 0.600. The highest BCUT2D eigenvalue weighted by molar-refractivity contribution is 5.91. The summed E-state index contributed by atoms with van der Waals surface area (Å²) in [5, 5.41) is 9.36. The van der Waals surface area contributed by atoms with Crippen molar-refractivity contribution < 1.29 is 19.2 Å². The molecule has 8 nitrogen and oxygen atoms in total. The van der Waals surface area contributed by atoms with Gasteiger partial charge in [-0.2, -0.15) is 0 Å². The minimum atomic E-state index is -0.714. The molecule has 4 N–H and O–H groups in total. The molecular formula is C10H18N4O4. The first-order valence-corrected chi connectivity index (χ1v) is 5.39. The Balaban J connectivity index is 3.87. The number of carbonyl (C=O) groups excluding carboxylic acids is 4. The molecule has 8 heteroatoms. The smallest absolute Gasteiger partial charge is 0.242 e. The van der Waals surface area contributed by atoms with Crippen LogP contribution in [0.3, 0.4) is 0 Å². The van der Waals surface area contributed by atoms with Gasteiger partial charge < -0.3 is 21.3 Å². The Kier molecular flexibility index (Phi) is 7.10. The maximum Gasteiger partial charge on any atom is 0.242 e. The molecule has 0 radical (unpaired) electrons. The highest BCUT2D eigenvalue weighted by Gasteiger charge is 2.14. The molecule has 0 aromatic heterocycles. The molecule has 0 aromatic carbocycles. The minimum absolute atomic E-state index is 0.146. The summed E-state index contributed by atoms with van der Waals surface area (Å²) in [5.74, 6) is -1.62. The number of rotatable bonds is 6. The molecule has 18 heavy (non-hydrogen) atoms. The maximum atomic E-state index is 11.4. The largest absolute Gasteiger partial charge is 0.358 e. The number of carbonyl (C=O) groups is 4. The SMILES string of the molecule is CNC(=O)CNC(=O)CNC(=O)[C@@H](C)NC(C)=O. The van der Waals surface area contributed by atoms with Crippen molar-refractivity contribution in [3.8, 4) is 0 Å². The minimum Gasteiger partial charge on any atom is -0.358 e. The monoisotopic (exact) mass is 258 g/mol. The van der Waals surface area contributed by atoms with Crippen molar-refractivity contribution in [1.29, 1.82) is 0 Å². The highest BCUT2D eigenvalue weighted by Crippen LogP contribution is 1.81. The van der Waals surface area contributed by atoms with Crippen molar-refractivity contribution in [2.45, 2.75) is 19.9 Å². The molecule has 0 heterocycles. The van der Waals surface area contributed by atoms with E-state index in [1.54, 1.807) is 0 Å². The van der Waals surface area contributed by atoms with E-state index in [0.29, 0.717) is 0 Å². The van der Waals surface area contributed by atoms with Crippen LogP contribution in [-0.2, 0) is 19.2 Å². The summed E-state index contributed by atoms with van der Waals surface area (Å²) in [6, 6.07) is -0.714. The summed E-state index contributed by atoms with van der Waals surface area (Å²) in [6.45, 7) is 2.39. The quantitative estimate of drug-likeness (QED) is 0.421. The zero-order valence-corrected chi connectivity index (χ0v) is 10.6. The van der Waals surface area contributed by atoms with Crippen LogP contribution >= 0.6 is 0 Å². The summed E-state index contributed by atoms with van der Waals surface area (Å²) < 4.78 is 0. The number of hydrogen-bond acceptors (Lipinski definition) is 4. The molecule has 4 amide bonds. The molecule has 0 aliphatic carbocycles. The Morgan fingerprint density at radius 1 is 1.00 bits per heavy atom. The molecule has 0 saturated heterocycles. The molecule has 0 saturated carbocycles. The second-order valence-corrected chi connectivity index (χ2v) is 3.59. The van der Waals surface area contributed by atoms with Crippen LogP contribution in [0.1, 0.15) is 13.8 Å². The van der Waals surface area contributed by atoms with Crippen LogP contribution in [0.2, 0.25) is 0 Å². The molecule has 0 aliphatic rings. The van der Waals surface area contributed by atoms with E-state index in [4.69, 9.17) is 0 Å². The maximum absolute atomic E-state index is 11.4. The fourth-order valence-corrected chi connectivity index (χ4v) is 1.02. The lowest BCUT2D eigenvalue weighted by Gasteiger charge is -2.12. The third kappa shape index (κ3) is 7.20. The molecular weight excluding hydrogens is 240 g/mol. The Hall–Kier alpha value is -2.12. The van der Waals surface area contributed by atoms with E-state index in [-0.39, 0.29) is 24.9 Å². The van der Waals surface area contributed by atoms with E-state index in [0.717, 1.165) is 0 Å². The topological polar surface area (TPSA) is 116 Å². The number of likely N-dealkylation sites (N-methyl/N-ethyl adjacent to an activating group) is 1. The lowest BCUT2D eigenvalue weighted by molar-refractivity contribution is -0.129. The Labute approximate surface area is 105 Å². The third-order valence-corrected chi connectivity index (χ3v) is 1.96. The third-order valence-electron chi connectivity index (χ3n) is 1.96. The second kappa shape index (κ2) is 8.04.